The molecule has 0 aliphatic rings. The summed E-state index contributed by atoms with van der Waals surface area (Å²) in [5.41, 5.74) is 0.766. The minimum Gasteiger partial charge on any atom is -0.341 e. The molecule has 0 fully saturated rings. The van der Waals surface area contributed by atoms with Crippen LogP contribution in [0.1, 0.15) is 38.1 Å². The average Bonchev–Trinajstić information content (AvgIpc) is 2.64. The molecule has 0 aliphatic carbocycles. The third-order valence-electron chi connectivity index (χ3n) is 3.15. The van der Waals surface area contributed by atoms with E-state index in [9.17, 15) is 14.9 Å². The standard InChI is InChI=1S/C13H22N4O3/c1-5-7-15(8-6-2)12(18)9-16-11(4)13(17(19)20)10(3)14-16/h5-9H2,1-4H3. The van der Waals surface area contributed by atoms with Gasteiger partial charge in [0.05, 0.1) is 4.92 Å². The third-order valence-corrected chi connectivity index (χ3v) is 3.15. The van der Waals surface area contributed by atoms with Crippen molar-refractivity contribution in [1.29, 1.82) is 0 Å². The SMILES string of the molecule is CCCN(CCC)C(=O)Cn1nc(C)c([N+](=O)[O-])c1C. The van der Waals surface area contributed by atoms with E-state index in [1.807, 2.05) is 13.8 Å². The summed E-state index contributed by atoms with van der Waals surface area (Å²) in [6, 6.07) is 0. The molecular formula is C13H22N4O3. The number of rotatable bonds is 7. The maximum absolute atomic E-state index is 12.2. The Morgan fingerprint density at radius 1 is 1.30 bits per heavy atom. The summed E-state index contributed by atoms with van der Waals surface area (Å²) < 4.78 is 1.42. The molecule has 1 aromatic heterocycles. The molecule has 7 nitrogen and oxygen atoms in total. The van der Waals surface area contributed by atoms with E-state index < -0.39 is 4.92 Å². The highest BCUT2D eigenvalue weighted by Gasteiger charge is 2.23. The Balaban J connectivity index is 2.90. The topological polar surface area (TPSA) is 81.3 Å². The van der Waals surface area contributed by atoms with Crippen LogP contribution in [-0.4, -0.2) is 38.6 Å². The van der Waals surface area contributed by atoms with Crippen LogP contribution in [0.3, 0.4) is 0 Å². The van der Waals surface area contributed by atoms with Gasteiger partial charge in [0.25, 0.3) is 0 Å². The smallest absolute Gasteiger partial charge is 0.312 e. The van der Waals surface area contributed by atoms with Gasteiger partial charge in [-0.15, -0.1) is 0 Å². The zero-order valence-corrected chi connectivity index (χ0v) is 12.5. The van der Waals surface area contributed by atoms with Crippen LogP contribution in [0, 0.1) is 24.0 Å². The number of carbonyl (C=O) groups excluding carboxylic acids is 1. The van der Waals surface area contributed by atoms with Crippen LogP contribution >= 0.6 is 0 Å². The van der Waals surface area contributed by atoms with Gasteiger partial charge in [-0.1, -0.05) is 13.8 Å². The first-order valence-corrected chi connectivity index (χ1v) is 6.88. The fourth-order valence-corrected chi connectivity index (χ4v) is 2.23. The highest BCUT2D eigenvalue weighted by Crippen LogP contribution is 2.21. The second-order valence-corrected chi connectivity index (χ2v) is 4.81. The number of aromatic nitrogens is 2. The van der Waals surface area contributed by atoms with Crippen LogP contribution in [0.15, 0.2) is 0 Å². The molecule has 1 aromatic rings. The second kappa shape index (κ2) is 7.02. The van der Waals surface area contributed by atoms with E-state index in [4.69, 9.17) is 0 Å². The number of hydrogen-bond donors (Lipinski definition) is 0. The number of aryl methyl sites for hydroxylation is 1. The molecule has 0 aromatic carbocycles. The summed E-state index contributed by atoms with van der Waals surface area (Å²) in [6.07, 6.45) is 1.78. The van der Waals surface area contributed by atoms with Crippen molar-refractivity contribution >= 4 is 11.6 Å². The molecule has 1 heterocycles. The molecule has 0 saturated carbocycles. The van der Waals surface area contributed by atoms with Gasteiger partial charge in [-0.3, -0.25) is 19.6 Å². The first kappa shape index (κ1) is 16.1. The summed E-state index contributed by atoms with van der Waals surface area (Å²) in [5.74, 6) is -0.0470. The molecule has 112 valence electrons. The van der Waals surface area contributed by atoms with Crippen molar-refractivity contribution in [2.75, 3.05) is 13.1 Å². The van der Waals surface area contributed by atoms with Crippen molar-refractivity contribution in [3.05, 3.63) is 21.5 Å². The van der Waals surface area contributed by atoms with E-state index >= 15 is 0 Å². The Morgan fingerprint density at radius 2 is 1.85 bits per heavy atom. The molecule has 0 aliphatic heterocycles. The summed E-state index contributed by atoms with van der Waals surface area (Å²) in [6.45, 7) is 8.70. The average molecular weight is 282 g/mol. The van der Waals surface area contributed by atoms with E-state index in [0.717, 1.165) is 12.8 Å². The first-order chi connectivity index (χ1) is 9.42. The molecule has 20 heavy (non-hydrogen) atoms. The van der Waals surface area contributed by atoms with Gasteiger partial charge in [-0.05, 0) is 26.7 Å². The van der Waals surface area contributed by atoms with E-state index in [0.29, 0.717) is 24.5 Å². The Morgan fingerprint density at radius 3 is 2.25 bits per heavy atom. The normalized spacial score (nSPS) is 10.6. The molecule has 7 heteroatoms. The van der Waals surface area contributed by atoms with E-state index in [1.54, 1.807) is 18.7 Å². The summed E-state index contributed by atoms with van der Waals surface area (Å²) in [5, 5.41) is 15.0. The minimum absolute atomic E-state index is 0.00432. The van der Waals surface area contributed by atoms with Crippen molar-refractivity contribution in [1.82, 2.24) is 14.7 Å². The van der Waals surface area contributed by atoms with E-state index in [-0.39, 0.29) is 18.1 Å². The van der Waals surface area contributed by atoms with Gasteiger partial charge in [0.15, 0.2) is 0 Å². The van der Waals surface area contributed by atoms with Crippen LogP contribution < -0.4 is 0 Å². The number of amides is 1. The zero-order valence-electron chi connectivity index (χ0n) is 12.5. The van der Waals surface area contributed by atoms with Crippen LogP contribution in [0.5, 0.6) is 0 Å². The quantitative estimate of drug-likeness (QED) is 0.566. The van der Waals surface area contributed by atoms with Crippen molar-refractivity contribution in [2.24, 2.45) is 0 Å². The van der Waals surface area contributed by atoms with Crippen molar-refractivity contribution < 1.29 is 9.72 Å². The predicted octanol–water partition coefficient (Wildman–Crippen LogP) is 2.06. The number of nitrogens with zero attached hydrogens (tertiary/aromatic N) is 4. The van der Waals surface area contributed by atoms with Gasteiger partial charge >= 0.3 is 5.69 Å². The summed E-state index contributed by atoms with van der Waals surface area (Å²) >= 11 is 0. The summed E-state index contributed by atoms with van der Waals surface area (Å²) in [7, 11) is 0. The Bertz CT molecular complexity index is 490. The highest BCUT2D eigenvalue weighted by atomic mass is 16.6. The lowest BCUT2D eigenvalue weighted by Gasteiger charge is -2.21. The Labute approximate surface area is 118 Å². The Hall–Kier alpha value is -1.92. The van der Waals surface area contributed by atoms with Gasteiger partial charge in [-0.25, -0.2) is 0 Å². The molecule has 0 atom stereocenters. The van der Waals surface area contributed by atoms with Gasteiger partial charge in [0, 0.05) is 13.1 Å². The van der Waals surface area contributed by atoms with Crippen LogP contribution in [-0.2, 0) is 11.3 Å². The fourth-order valence-electron chi connectivity index (χ4n) is 2.23. The molecule has 1 rings (SSSR count). The number of nitro groups is 1. The van der Waals surface area contributed by atoms with Crippen molar-refractivity contribution in [2.45, 2.75) is 47.1 Å². The van der Waals surface area contributed by atoms with Crippen molar-refractivity contribution in [3.8, 4) is 0 Å². The maximum Gasteiger partial charge on any atom is 0.312 e. The molecule has 0 unspecified atom stereocenters. The van der Waals surface area contributed by atoms with Gasteiger partial charge in [0.2, 0.25) is 5.91 Å². The second-order valence-electron chi connectivity index (χ2n) is 4.81. The highest BCUT2D eigenvalue weighted by molar-refractivity contribution is 5.76. The van der Waals surface area contributed by atoms with Crippen LogP contribution in [0.4, 0.5) is 5.69 Å². The zero-order chi connectivity index (χ0) is 15.3. The molecule has 0 bridgehead atoms. The first-order valence-electron chi connectivity index (χ1n) is 6.88. The largest absolute Gasteiger partial charge is 0.341 e. The van der Waals surface area contributed by atoms with Crippen molar-refractivity contribution in [3.63, 3.8) is 0 Å². The Kier molecular flexibility index (Phi) is 5.66. The third kappa shape index (κ3) is 3.55. The number of carbonyl (C=O) groups is 1. The fraction of sp³-hybridized carbons (Fsp3) is 0.692. The molecule has 1 amide bonds. The lowest BCUT2D eigenvalue weighted by molar-refractivity contribution is -0.386. The summed E-state index contributed by atoms with van der Waals surface area (Å²) in [4.78, 5) is 24.5. The molecule has 0 spiro atoms. The lowest BCUT2D eigenvalue weighted by Crippen LogP contribution is -2.35. The van der Waals surface area contributed by atoms with Crippen LogP contribution in [0.25, 0.3) is 0 Å². The molecule has 0 saturated heterocycles. The molecule has 0 radical (unpaired) electrons. The molecule has 0 N–H and O–H groups in total. The monoisotopic (exact) mass is 282 g/mol. The van der Waals surface area contributed by atoms with Gasteiger partial charge in [-0.2, -0.15) is 5.10 Å². The van der Waals surface area contributed by atoms with Gasteiger partial charge in [0.1, 0.15) is 17.9 Å². The van der Waals surface area contributed by atoms with Gasteiger partial charge < -0.3 is 4.90 Å². The maximum atomic E-state index is 12.2. The predicted molar refractivity (Wildman–Crippen MR) is 75.5 cm³/mol. The lowest BCUT2D eigenvalue weighted by atomic mass is 10.3. The molecular weight excluding hydrogens is 260 g/mol. The van der Waals surface area contributed by atoms with E-state index in [2.05, 4.69) is 5.10 Å². The number of hydrogen-bond acceptors (Lipinski definition) is 4. The van der Waals surface area contributed by atoms with E-state index in [1.165, 1.54) is 4.68 Å². The van der Waals surface area contributed by atoms with Crippen LogP contribution in [0.2, 0.25) is 0 Å². The minimum atomic E-state index is -0.450.